The van der Waals surface area contributed by atoms with Crippen LogP contribution in [0.15, 0.2) is 11.8 Å². The van der Waals surface area contributed by atoms with Gasteiger partial charge in [0.1, 0.15) is 5.75 Å². The van der Waals surface area contributed by atoms with E-state index in [-0.39, 0.29) is 17.5 Å². The first kappa shape index (κ1) is 13.2. The third kappa shape index (κ3) is 1.92. The summed E-state index contributed by atoms with van der Waals surface area (Å²) in [4.78, 5) is 11.7. The van der Waals surface area contributed by atoms with E-state index in [4.69, 9.17) is 4.74 Å². The second kappa shape index (κ2) is 4.65. The van der Waals surface area contributed by atoms with Crippen LogP contribution in [0.5, 0.6) is 5.75 Å². The Morgan fingerprint density at radius 2 is 1.90 bits per heavy atom. The lowest BCUT2D eigenvalue weighted by Gasteiger charge is -2.26. The Labute approximate surface area is 119 Å². The molecule has 1 unspecified atom stereocenters. The van der Waals surface area contributed by atoms with Crippen molar-refractivity contribution in [1.82, 2.24) is 0 Å². The highest BCUT2D eigenvalue weighted by Gasteiger charge is 2.29. The van der Waals surface area contributed by atoms with Gasteiger partial charge in [-0.15, -0.1) is 0 Å². The summed E-state index contributed by atoms with van der Waals surface area (Å²) >= 11 is 0. The van der Waals surface area contributed by atoms with Crippen LogP contribution in [-0.4, -0.2) is 17.5 Å². The zero-order valence-electron chi connectivity index (χ0n) is 12.2. The molecule has 0 saturated heterocycles. The predicted octanol–water partition coefficient (Wildman–Crippen LogP) is 3.44. The fourth-order valence-corrected chi connectivity index (χ4v) is 3.65. The number of aliphatic hydroxyl groups excluding tert-OH is 1. The van der Waals surface area contributed by atoms with Crippen molar-refractivity contribution in [2.75, 3.05) is 6.61 Å². The van der Waals surface area contributed by atoms with E-state index in [2.05, 4.69) is 20.8 Å². The molecule has 3 nitrogen and oxygen atoms in total. The molecular weight excluding hydrogens is 252 g/mol. The molecule has 1 aromatic rings. The lowest BCUT2D eigenvalue weighted by Crippen LogP contribution is -2.16. The van der Waals surface area contributed by atoms with Gasteiger partial charge < -0.3 is 9.84 Å². The predicted molar refractivity (Wildman–Crippen MR) is 77.5 cm³/mol. The minimum Gasteiger partial charge on any atom is -0.512 e. The number of ketones is 1. The standard InChI is InChI=1S/C17H20O3/c1-9-10(2)17-15(4-5-20-17)11(3)16(9)12-6-13(18)8-14(19)7-12/h8,12,18H,4-7H2,1-3H3. The molecule has 0 bridgehead atoms. The fourth-order valence-electron chi connectivity index (χ4n) is 3.65. The van der Waals surface area contributed by atoms with Gasteiger partial charge in [0.15, 0.2) is 5.78 Å². The second-order valence-corrected chi connectivity index (χ2v) is 5.90. The number of benzene rings is 1. The zero-order valence-corrected chi connectivity index (χ0v) is 12.2. The van der Waals surface area contributed by atoms with E-state index in [1.807, 2.05) is 0 Å². The molecule has 2 aliphatic rings. The van der Waals surface area contributed by atoms with Crippen LogP contribution in [0.4, 0.5) is 0 Å². The molecule has 1 atom stereocenters. The first-order chi connectivity index (χ1) is 9.49. The normalized spacial score (nSPS) is 21.4. The molecule has 0 aromatic heterocycles. The number of carbonyl (C=O) groups excluding carboxylic acids is 1. The zero-order chi connectivity index (χ0) is 14.4. The van der Waals surface area contributed by atoms with Crippen molar-refractivity contribution in [1.29, 1.82) is 0 Å². The smallest absolute Gasteiger partial charge is 0.159 e. The summed E-state index contributed by atoms with van der Waals surface area (Å²) in [5.74, 6) is 1.36. The van der Waals surface area contributed by atoms with Crippen LogP contribution in [0.1, 0.15) is 46.6 Å². The van der Waals surface area contributed by atoms with Gasteiger partial charge in [-0.25, -0.2) is 0 Å². The van der Waals surface area contributed by atoms with Gasteiger partial charge in [0.25, 0.3) is 0 Å². The van der Waals surface area contributed by atoms with E-state index >= 15 is 0 Å². The average Bonchev–Trinajstić information content (AvgIpc) is 2.85. The Balaban J connectivity index is 2.13. The molecule has 1 aliphatic heterocycles. The van der Waals surface area contributed by atoms with E-state index in [9.17, 15) is 9.90 Å². The highest BCUT2D eigenvalue weighted by Crippen LogP contribution is 2.42. The van der Waals surface area contributed by atoms with Gasteiger partial charge in [0.05, 0.1) is 12.4 Å². The van der Waals surface area contributed by atoms with Crippen molar-refractivity contribution in [3.05, 3.63) is 39.7 Å². The minimum atomic E-state index is 0.0203. The van der Waals surface area contributed by atoms with Gasteiger partial charge in [0, 0.05) is 30.9 Å². The van der Waals surface area contributed by atoms with Gasteiger partial charge in [-0.05, 0) is 48.9 Å². The maximum absolute atomic E-state index is 11.7. The van der Waals surface area contributed by atoms with E-state index in [0.717, 1.165) is 18.8 Å². The Kier molecular flexibility index (Phi) is 3.08. The number of carbonyl (C=O) groups is 1. The summed E-state index contributed by atoms with van der Waals surface area (Å²) in [7, 11) is 0. The summed E-state index contributed by atoms with van der Waals surface area (Å²) in [6, 6.07) is 0. The molecule has 1 aromatic carbocycles. The summed E-state index contributed by atoms with van der Waals surface area (Å²) in [6.07, 6.45) is 3.36. The van der Waals surface area contributed by atoms with Gasteiger partial charge in [-0.2, -0.15) is 0 Å². The minimum absolute atomic E-state index is 0.0203. The van der Waals surface area contributed by atoms with Gasteiger partial charge in [0.2, 0.25) is 0 Å². The Bertz CT molecular complexity index is 626. The topological polar surface area (TPSA) is 46.5 Å². The molecule has 0 fully saturated rings. The number of hydrogen-bond acceptors (Lipinski definition) is 3. The van der Waals surface area contributed by atoms with Gasteiger partial charge in [-0.1, -0.05) is 0 Å². The second-order valence-electron chi connectivity index (χ2n) is 5.90. The number of rotatable bonds is 1. The molecule has 1 N–H and O–H groups in total. The van der Waals surface area contributed by atoms with Crippen molar-refractivity contribution < 1.29 is 14.6 Å². The summed E-state index contributed by atoms with van der Waals surface area (Å²) in [6.45, 7) is 7.05. The molecule has 1 heterocycles. The van der Waals surface area contributed by atoms with E-state index in [0.29, 0.717) is 12.8 Å². The van der Waals surface area contributed by atoms with Crippen LogP contribution in [0, 0.1) is 20.8 Å². The molecule has 106 valence electrons. The molecule has 0 spiro atoms. The average molecular weight is 272 g/mol. The maximum Gasteiger partial charge on any atom is 0.159 e. The largest absolute Gasteiger partial charge is 0.512 e. The van der Waals surface area contributed by atoms with Crippen LogP contribution in [0.2, 0.25) is 0 Å². The quantitative estimate of drug-likeness (QED) is 0.852. The SMILES string of the molecule is Cc1c(C)c(C2CC(=O)C=C(O)C2)c(C)c2c1OCC2. The van der Waals surface area contributed by atoms with Crippen molar-refractivity contribution in [3.63, 3.8) is 0 Å². The summed E-state index contributed by atoms with van der Waals surface area (Å²) < 4.78 is 5.75. The molecule has 3 rings (SSSR count). The van der Waals surface area contributed by atoms with E-state index in [1.165, 1.54) is 33.9 Å². The van der Waals surface area contributed by atoms with Crippen molar-refractivity contribution >= 4 is 5.78 Å². The van der Waals surface area contributed by atoms with Crippen LogP contribution < -0.4 is 4.74 Å². The van der Waals surface area contributed by atoms with E-state index < -0.39 is 0 Å². The van der Waals surface area contributed by atoms with Crippen molar-refractivity contribution in [2.24, 2.45) is 0 Å². The Hall–Kier alpha value is -1.77. The first-order valence-electron chi connectivity index (χ1n) is 7.16. The number of allylic oxidation sites excluding steroid dienone is 2. The number of aliphatic hydroxyl groups is 1. The summed E-state index contributed by atoms with van der Waals surface area (Å²) in [5, 5.41) is 9.77. The molecule has 0 amide bonds. The summed E-state index contributed by atoms with van der Waals surface area (Å²) in [5.41, 5.74) is 6.15. The first-order valence-corrected chi connectivity index (χ1v) is 7.16. The number of hydrogen-bond donors (Lipinski definition) is 1. The lowest BCUT2D eigenvalue weighted by atomic mass is 9.79. The third-order valence-electron chi connectivity index (χ3n) is 4.68. The van der Waals surface area contributed by atoms with Crippen LogP contribution in [0.3, 0.4) is 0 Å². The number of fused-ring (bicyclic) bond motifs is 1. The van der Waals surface area contributed by atoms with E-state index in [1.54, 1.807) is 0 Å². The molecule has 0 saturated carbocycles. The maximum atomic E-state index is 11.7. The van der Waals surface area contributed by atoms with Gasteiger partial charge >= 0.3 is 0 Å². The third-order valence-corrected chi connectivity index (χ3v) is 4.68. The van der Waals surface area contributed by atoms with Crippen molar-refractivity contribution in [3.8, 4) is 5.75 Å². The number of ether oxygens (including phenoxy) is 1. The Morgan fingerprint density at radius 3 is 2.60 bits per heavy atom. The molecule has 0 radical (unpaired) electrons. The fraction of sp³-hybridized carbons (Fsp3) is 0.471. The van der Waals surface area contributed by atoms with Crippen LogP contribution >= 0.6 is 0 Å². The highest BCUT2D eigenvalue weighted by molar-refractivity contribution is 5.91. The van der Waals surface area contributed by atoms with Crippen molar-refractivity contribution in [2.45, 2.75) is 46.0 Å². The van der Waals surface area contributed by atoms with Crippen LogP contribution in [0.25, 0.3) is 0 Å². The molecule has 3 heteroatoms. The molecule has 1 aliphatic carbocycles. The van der Waals surface area contributed by atoms with Gasteiger partial charge in [-0.3, -0.25) is 4.79 Å². The Morgan fingerprint density at radius 1 is 1.15 bits per heavy atom. The highest BCUT2D eigenvalue weighted by atomic mass is 16.5. The monoisotopic (exact) mass is 272 g/mol. The lowest BCUT2D eigenvalue weighted by molar-refractivity contribution is -0.115. The molecular formula is C17H20O3. The van der Waals surface area contributed by atoms with Crippen LogP contribution in [-0.2, 0) is 11.2 Å². The molecule has 20 heavy (non-hydrogen) atoms.